The molecule has 0 fully saturated rings. The first-order valence-electron chi connectivity index (χ1n) is 11.1. The van der Waals surface area contributed by atoms with Crippen LogP contribution in [0.25, 0.3) is 32.3 Å². The predicted octanol–water partition coefficient (Wildman–Crippen LogP) is 7.33. The van der Waals surface area contributed by atoms with Gasteiger partial charge in [0, 0.05) is 6.42 Å². The number of carbonyl (C=O) groups is 1. The van der Waals surface area contributed by atoms with Gasteiger partial charge in [-0.3, -0.25) is 4.79 Å². The van der Waals surface area contributed by atoms with Gasteiger partial charge in [0.25, 0.3) is 0 Å². The summed E-state index contributed by atoms with van der Waals surface area (Å²) in [6.07, 6.45) is 7.62. The van der Waals surface area contributed by atoms with Crippen LogP contribution in [-0.4, -0.2) is 10.9 Å². The maximum atomic E-state index is 12.7. The molecule has 0 aliphatic carbocycles. The highest BCUT2D eigenvalue weighted by Gasteiger charge is 2.21. The van der Waals surface area contributed by atoms with E-state index in [0.29, 0.717) is 6.42 Å². The zero-order chi connectivity index (χ0) is 20.2. The Morgan fingerprint density at radius 3 is 2.07 bits per heavy atom. The molecule has 0 bridgehead atoms. The van der Waals surface area contributed by atoms with E-state index in [1.165, 1.54) is 48.3 Å². The minimum Gasteiger partial charge on any atom is -0.381 e. The van der Waals surface area contributed by atoms with Crippen LogP contribution in [0.5, 0.6) is 0 Å². The zero-order valence-corrected chi connectivity index (χ0v) is 17.3. The molecule has 0 aromatic heterocycles. The smallest absolute Gasteiger partial charge is 0.165 e. The molecule has 1 unspecified atom stereocenters. The summed E-state index contributed by atoms with van der Waals surface area (Å²) in [6, 6.07) is 18.7. The Kier molecular flexibility index (Phi) is 6.10. The number of hydrogen-bond acceptors (Lipinski definition) is 2. The van der Waals surface area contributed by atoms with Gasteiger partial charge in [-0.05, 0) is 44.3 Å². The minimum atomic E-state index is -1.04. The van der Waals surface area contributed by atoms with Gasteiger partial charge in [0.15, 0.2) is 5.78 Å². The monoisotopic (exact) mass is 386 g/mol. The number of aliphatic hydroxyl groups excluding tert-OH is 1. The van der Waals surface area contributed by atoms with E-state index in [9.17, 15) is 9.90 Å². The Morgan fingerprint density at radius 2 is 1.34 bits per heavy atom. The van der Waals surface area contributed by atoms with Crippen LogP contribution in [0, 0.1) is 0 Å². The average molecular weight is 387 g/mol. The van der Waals surface area contributed by atoms with Crippen molar-refractivity contribution in [2.45, 2.75) is 64.4 Å². The number of Topliss-reactive ketones (excluding diaryl/α,β-unsaturated/α-hetero) is 1. The lowest BCUT2D eigenvalue weighted by atomic mass is 9.89. The molecule has 29 heavy (non-hydrogen) atoms. The van der Waals surface area contributed by atoms with Crippen molar-refractivity contribution in [3.05, 3.63) is 60.2 Å². The van der Waals surface area contributed by atoms with E-state index < -0.39 is 6.10 Å². The van der Waals surface area contributed by atoms with Crippen LogP contribution in [0.4, 0.5) is 0 Å². The van der Waals surface area contributed by atoms with Crippen LogP contribution in [0.3, 0.4) is 0 Å². The fraction of sp³-hybridized carbons (Fsp3) is 0.370. The summed E-state index contributed by atoms with van der Waals surface area (Å²) in [4.78, 5) is 12.7. The van der Waals surface area contributed by atoms with Gasteiger partial charge in [-0.25, -0.2) is 0 Å². The predicted molar refractivity (Wildman–Crippen MR) is 123 cm³/mol. The number of carbonyl (C=O) groups excluding carboxylic acids is 1. The minimum absolute atomic E-state index is 0.0615. The summed E-state index contributed by atoms with van der Waals surface area (Å²) >= 11 is 0. The molecule has 0 aliphatic rings. The first-order valence-corrected chi connectivity index (χ1v) is 11.1. The second-order valence-corrected chi connectivity index (χ2v) is 8.25. The lowest BCUT2D eigenvalue weighted by Crippen LogP contribution is -2.12. The van der Waals surface area contributed by atoms with Gasteiger partial charge < -0.3 is 5.11 Å². The molecule has 0 saturated carbocycles. The van der Waals surface area contributed by atoms with Gasteiger partial charge in [-0.1, -0.05) is 100 Å². The Balaban J connectivity index is 1.53. The van der Waals surface area contributed by atoms with Crippen LogP contribution in [0.1, 0.15) is 70.0 Å². The molecule has 150 valence electrons. The van der Waals surface area contributed by atoms with Crippen LogP contribution in [0.15, 0.2) is 54.6 Å². The first kappa shape index (κ1) is 19.8. The van der Waals surface area contributed by atoms with Crippen LogP contribution < -0.4 is 0 Å². The SMILES string of the molecule is CCCCCCCCCC(=O)C(O)c1ccc2ccc3cccc4ccc1c2c34. The third kappa shape index (κ3) is 4.00. The van der Waals surface area contributed by atoms with Crippen molar-refractivity contribution in [2.75, 3.05) is 0 Å². The number of ketones is 1. The van der Waals surface area contributed by atoms with Gasteiger partial charge in [-0.2, -0.15) is 0 Å². The van der Waals surface area contributed by atoms with E-state index in [4.69, 9.17) is 0 Å². The van der Waals surface area contributed by atoms with Crippen molar-refractivity contribution in [1.82, 2.24) is 0 Å². The highest BCUT2D eigenvalue weighted by molar-refractivity contribution is 6.23. The summed E-state index contributed by atoms with van der Waals surface area (Å²) in [5.41, 5.74) is 0.740. The molecule has 1 N–H and O–H groups in total. The molecular weight excluding hydrogens is 356 g/mol. The Labute approximate surface area is 172 Å². The Morgan fingerprint density at radius 1 is 0.759 bits per heavy atom. The number of hydrogen-bond donors (Lipinski definition) is 1. The Bertz CT molecular complexity index is 1100. The lowest BCUT2D eigenvalue weighted by Gasteiger charge is -2.17. The number of benzene rings is 4. The van der Waals surface area contributed by atoms with Crippen LogP contribution in [-0.2, 0) is 4.79 Å². The van der Waals surface area contributed by atoms with Crippen molar-refractivity contribution in [1.29, 1.82) is 0 Å². The second kappa shape index (κ2) is 8.92. The molecule has 4 rings (SSSR count). The molecule has 0 aliphatic heterocycles. The van der Waals surface area contributed by atoms with E-state index in [0.717, 1.165) is 34.6 Å². The molecule has 0 amide bonds. The van der Waals surface area contributed by atoms with Crippen molar-refractivity contribution >= 4 is 38.1 Å². The van der Waals surface area contributed by atoms with E-state index in [1.807, 2.05) is 12.1 Å². The third-order valence-electron chi connectivity index (χ3n) is 6.19. The normalized spacial score (nSPS) is 12.9. The fourth-order valence-corrected chi connectivity index (χ4v) is 4.56. The quantitative estimate of drug-likeness (QED) is 0.229. The molecule has 0 radical (unpaired) electrons. The average Bonchev–Trinajstić information content (AvgIpc) is 2.76. The Hall–Kier alpha value is -2.45. The molecule has 2 heteroatoms. The van der Waals surface area contributed by atoms with Crippen molar-refractivity contribution in [3.63, 3.8) is 0 Å². The molecule has 4 aromatic rings. The maximum Gasteiger partial charge on any atom is 0.165 e. The lowest BCUT2D eigenvalue weighted by molar-refractivity contribution is -0.127. The standard InChI is InChI=1S/C27H30O2/c1-2-3-4-5-6-7-8-12-24(28)27(29)23-18-16-21-14-13-19-10-9-11-20-15-17-22(23)26(21)25(19)20/h9-11,13-18,27,29H,2-8,12H2,1H3. The number of rotatable bonds is 10. The van der Waals surface area contributed by atoms with E-state index in [2.05, 4.69) is 49.4 Å². The highest BCUT2D eigenvalue weighted by Crippen LogP contribution is 2.37. The first-order chi connectivity index (χ1) is 14.2. The summed E-state index contributed by atoms with van der Waals surface area (Å²) < 4.78 is 0. The van der Waals surface area contributed by atoms with Crippen LogP contribution >= 0.6 is 0 Å². The topological polar surface area (TPSA) is 37.3 Å². The van der Waals surface area contributed by atoms with Gasteiger partial charge >= 0.3 is 0 Å². The number of aliphatic hydroxyl groups is 1. The number of unbranched alkanes of at least 4 members (excludes halogenated alkanes) is 6. The molecule has 0 heterocycles. The molecular formula is C27H30O2. The molecule has 2 nitrogen and oxygen atoms in total. The van der Waals surface area contributed by atoms with Gasteiger partial charge in [0.1, 0.15) is 6.10 Å². The molecule has 4 aromatic carbocycles. The molecule has 0 spiro atoms. The van der Waals surface area contributed by atoms with Gasteiger partial charge in [-0.15, -0.1) is 0 Å². The second-order valence-electron chi connectivity index (χ2n) is 8.25. The molecule has 1 atom stereocenters. The van der Waals surface area contributed by atoms with Gasteiger partial charge in [0.2, 0.25) is 0 Å². The fourth-order valence-electron chi connectivity index (χ4n) is 4.56. The molecule has 0 saturated heterocycles. The van der Waals surface area contributed by atoms with E-state index in [-0.39, 0.29) is 5.78 Å². The van der Waals surface area contributed by atoms with E-state index >= 15 is 0 Å². The van der Waals surface area contributed by atoms with Crippen LogP contribution in [0.2, 0.25) is 0 Å². The summed E-state index contributed by atoms with van der Waals surface area (Å²) in [7, 11) is 0. The van der Waals surface area contributed by atoms with Crippen molar-refractivity contribution < 1.29 is 9.90 Å². The summed E-state index contributed by atoms with van der Waals surface area (Å²) in [5.74, 6) is -0.0615. The third-order valence-corrected chi connectivity index (χ3v) is 6.19. The largest absolute Gasteiger partial charge is 0.381 e. The summed E-state index contributed by atoms with van der Waals surface area (Å²) in [5, 5.41) is 17.8. The summed E-state index contributed by atoms with van der Waals surface area (Å²) in [6.45, 7) is 2.22. The van der Waals surface area contributed by atoms with Gasteiger partial charge in [0.05, 0.1) is 0 Å². The van der Waals surface area contributed by atoms with Crippen molar-refractivity contribution in [3.8, 4) is 0 Å². The maximum absolute atomic E-state index is 12.7. The zero-order valence-electron chi connectivity index (χ0n) is 17.3. The highest BCUT2D eigenvalue weighted by atomic mass is 16.3. The van der Waals surface area contributed by atoms with E-state index in [1.54, 1.807) is 0 Å². The van der Waals surface area contributed by atoms with Crippen molar-refractivity contribution in [2.24, 2.45) is 0 Å².